The van der Waals surface area contributed by atoms with Gasteiger partial charge in [-0.15, -0.1) is 0 Å². The van der Waals surface area contributed by atoms with Crippen molar-refractivity contribution >= 4 is 11.9 Å². The minimum Gasteiger partial charge on any atom is -0.481 e. The third kappa shape index (κ3) is 3.24. The summed E-state index contributed by atoms with van der Waals surface area (Å²) in [4.78, 5) is 25.4. The zero-order chi connectivity index (χ0) is 13.9. The first kappa shape index (κ1) is 15.0. The van der Waals surface area contributed by atoms with Crippen molar-refractivity contribution in [1.82, 2.24) is 4.90 Å². The maximum absolute atomic E-state index is 12.4. The van der Waals surface area contributed by atoms with Crippen molar-refractivity contribution < 1.29 is 14.7 Å². The molecule has 0 aromatic heterocycles. The van der Waals surface area contributed by atoms with Gasteiger partial charge in [-0.25, -0.2) is 0 Å². The fraction of sp³-hybridized carbons (Fsp3) is 0.857. The second-order valence-electron chi connectivity index (χ2n) is 5.77. The first-order valence-electron chi connectivity index (χ1n) is 6.85. The van der Waals surface area contributed by atoms with E-state index in [1.54, 1.807) is 11.9 Å². The van der Waals surface area contributed by atoms with E-state index < -0.39 is 11.9 Å². The Labute approximate surface area is 109 Å². The lowest BCUT2D eigenvalue weighted by atomic mass is 9.78. The summed E-state index contributed by atoms with van der Waals surface area (Å²) < 4.78 is 0. The molecule has 1 aliphatic rings. The highest BCUT2D eigenvalue weighted by molar-refractivity contribution is 5.85. The molecule has 0 bridgehead atoms. The zero-order valence-electron chi connectivity index (χ0n) is 11.8. The number of carboxylic acid groups (broad SMARTS) is 1. The highest BCUT2D eigenvalue weighted by Crippen LogP contribution is 2.32. The van der Waals surface area contributed by atoms with E-state index >= 15 is 0 Å². The molecule has 1 saturated carbocycles. The van der Waals surface area contributed by atoms with Crippen LogP contribution in [0, 0.1) is 17.8 Å². The molecule has 1 amide bonds. The summed E-state index contributed by atoms with van der Waals surface area (Å²) in [7, 11) is 1.79. The topological polar surface area (TPSA) is 57.6 Å². The van der Waals surface area contributed by atoms with Crippen LogP contribution < -0.4 is 0 Å². The van der Waals surface area contributed by atoms with Crippen molar-refractivity contribution in [2.45, 2.75) is 52.5 Å². The third-order valence-electron chi connectivity index (χ3n) is 4.32. The molecule has 0 saturated heterocycles. The largest absolute Gasteiger partial charge is 0.481 e. The van der Waals surface area contributed by atoms with Crippen LogP contribution in [-0.4, -0.2) is 35.0 Å². The van der Waals surface area contributed by atoms with Crippen LogP contribution in [0.4, 0.5) is 0 Å². The predicted octanol–water partition coefficient (Wildman–Crippen LogP) is 2.38. The van der Waals surface area contributed by atoms with E-state index in [1.807, 2.05) is 6.92 Å². The number of carbonyl (C=O) groups excluding carboxylic acids is 1. The molecule has 0 spiro atoms. The van der Waals surface area contributed by atoms with E-state index in [9.17, 15) is 14.7 Å². The highest BCUT2D eigenvalue weighted by atomic mass is 16.4. The van der Waals surface area contributed by atoms with E-state index in [0.29, 0.717) is 18.8 Å². The molecule has 0 aliphatic heterocycles. The molecule has 4 heteroatoms. The minimum atomic E-state index is -0.821. The lowest BCUT2D eigenvalue weighted by Crippen LogP contribution is -2.45. The first-order chi connectivity index (χ1) is 8.36. The maximum Gasteiger partial charge on any atom is 0.307 e. The second-order valence-corrected chi connectivity index (χ2v) is 5.77. The molecule has 1 unspecified atom stereocenters. The monoisotopic (exact) mass is 255 g/mol. The summed E-state index contributed by atoms with van der Waals surface area (Å²) in [5.41, 5.74) is 0. The molecule has 3 atom stereocenters. The van der Waals surface area contributed by atoms with Crippen LogP contribution in [0.15, 0.2) is 0 Å². The van der Waals surface area contributed by atoms with E-state index in [4.69, 9.17) is 0 Å². The van der Waals surface area contributed by atoms with Crippen LogP contribution in [0.25, 0.3) is 0 Å². The molecule has 0 aromatic rings. The average molecular weight is 255 g/mol. The number of rotatable bonds is 4. The van der Waals surface area contributed by atoms with Crippen LogP contribution in [0.5, 0.6) is 0 Å². The third-order valence-corrected chi connectivity index (χ3v) is 4.32. The van der Waals surface area contributed by atoms with Crippen LogP contribution in [0.3, 0.4) is 0 Å². The van der Waals surface area contributed by atoms with Crippen LogP contribution in [0.2, 0.25) is 0 Å². The molecule has 1 fully saturated rings. The fourth-order valence-corrected chi connectivity index (χ4v) is 2.63. The molecule has 0 aromatic carbocycles. The smallest absolute Gasteiger partial charge is 0.307 e. The Hall–Kier alpha value is -1.06. The van der Waals surface area contributed by atoms with Gasteiger partial charge in [-0.1, -0.05) is 26.7 Å². The van der Waals surface area contributed by atoms with Crippen molar-refractivity contribution in [3.63, 3.8) is 0 Å². The average Bonchev–Trinajstić information content (AvgIpc) is 2.35. The number of carboxylic acids is 1. The van der Waals surface area contributed by atoms with Crippen molar-refractivity contribution in [3.8, 4) is 0 Å². The first-order valence-corrected chi connectivity index (χ1v) is 6.85. The Balaban J connectivity index is 2.77. The molecule has 4 nitrogen and oxygen atoms in total. The Morgan fingerprint density at radius 3 is 2.06 bits per heavy atom. The lowest BCUT2D eigenvalue weighted by molar-refractivity contribution is -0.152. The van der Waals surface area contributed by atoms with Crippen LogP contribution in [-0.2, 0) is 9.59 Å². The summed E-state index contributed by atoms with van der Waals surface area (Å²) in [5.74, 6) is -1.26. The molecule has 104 valence electrons. The van der Waals surface area contributed by atoms with Crippen molar-refractivity contribution in [2.24, 2.45) is 17.8 Å². The Bertz CT molecular complexity index is 314. The Morgan fingerprint density at radius 2 is 1.61 bits per heavy atom. The molecule has 0 radical (unpaired) electrons. The van der Waals surface area contributed by atoms with Crippen molar-refractivity contribution in [2.75, 3.05) is 7.05 Å². The number of nitrogens with zero attached hydrogens (tertiary/aromatic N) is 1. The maximum atomic E-state index is 12.4. The molecule has 18 heavy (non-hydrogen) atoms. The summed E-state index contributed by atoms with van der Waals surface area (Å²) in [5, 5.41) is 9.22. The van der Waals surface area contributed by atoms with Gasteiger partial charge in [0.1, 0.15) is 0 Å². The zero-order valence-corrected chi connectivity index (χ0v) is 11.8. The number of hydrogen-bond donors (Lipinski definition) is 1. The van der Waals surface area contributed by atoms with Gasteiger partial charge in [0, 0.05) is 13.1 Å². The van der Waals surface area contributed by atoms with Gasteiger partial charge in [-0.2, -0.15) is 0 Å². The van der Waals surface area contributed by atoms with Crippen molar-refractivity contribution in [3.05, 3.63) is 0 Å². The number of aliphatic carboxylic acids is 1. The summed E-state index contributed by atoms with van der Waals surface area (Å²) >= 11 is 0. The van der Waals surface area contributed by atoms with Gasteiger partial charge in [-0.3, -0.25) is 9.59 Å². The quantitative estimate of drug-likeness (QED) is 0.839. The normalized spacial score (nSPS) is 25.8. The molecular weight excluding hydrogens is 230 g/mol. The standard InChI is InChI=1S/C14H25NO3/c1-9(2)10(3)15(4)13(16)11-7-5-6-8-12(11)14(17)18/h9-12H,5-8H2,1-4H3,(H,17,18)/t10?,11-,12+/m1/s1. The minimum absolute atomic E-state index is 0.00306. The van der Waals surface area contributed by atoms with Gasteiger partial charge in [0.2, 0.25) is 5.91 Å². The molecule has 1 aliphatic carbocycles. The van der Waals surface area contributed by atoms with Crippen molar-refractivity contribution in [1.29, 1.82) is 0 Å². The van der Waals surface area contributed by atoms with Gasteiger partial charge >= 0.3 is 5.97 Å². The second kappa shape index (κ2) is 6.21. The van der Waals surface area contributed by atoms with Crippen LogP contribution in [0.1, 0.15) is 46.5 Å². The van der Waals surface area contributed by atoms with Gasteiger partial charge < -0.3 is 10.0 Å². The number of amides is 1. The van der Waals surface area contributed by atoms with Gasteiger partial charge in [0.05, 0.1) is 11.8 Å². The van der Waals surface area contributed by atoms with Gasteiger partial charge in [0.15, 0.2) is 0 Å². The summed E-state index contributed by atoms with van der Waals surface area (Å²) in [6.07, 6.45) is 3.23. The Kier molecular flexibility index (Phi) is 5.17. The van der Waals surface area contributed by atoms with Gasteiger partial charge in [-0.05, 0) is 25.7 Å². The molecule has 1 rings (SSSR count). The SMILES string of the molecule is CC(C)C(C)N(C)C(=O)[C@@H]1CCCC[C@@H]1C(=O)O. The van der Waals surface area contributed by atoms with E-state index in [-0.39, 0.29) is 17.9 Å². The summed E-state index contributed by atoms with van der Waals surface area (Å²) in [6.45, 7) is 6.16. The Morgan fingerprint density at radius 1 is 1.11 bits per heavy atom. The van der Waals surface area contributed by atoms with E-state index in [0.717, 1.165) is 12.8 Å². The lowest BCUT2D eigenvalue weighted by Gasteiger charge is -2.35. The van der Waals surface area contributed by atoms with Crippen LogP contribution >= 0.6 is 0 Å². The number of hydrogen-bond acceptors (Lipinski definition) is 2. The number of carbonyl (C=O) groups is 2. The van der Waals surface area contributed by atoms with Gasteiger partial charge in [0.25, 0.3) is 0 Å². The molecular formula is C14H25NO3. The fourth-order valence-electron chi connectivity index (χ4n) is 2.63. The van der Waals surface area contributed by atoms with E-state index in [2.05, 4.69) is 13.8 Å². The highest BCUT2D eigenvalue weighted by Gasteiger charge is 2.38. The molecule has 0 heterocycles. The summed E-state index contributed by atoms with van der Waals surface area (Å²) in [6, 6.07) is 0.147. The molecule has 1 N–H and O–H groups in total. The predicted molar refractivity (Wildman–Crippen MR) is 70.2 cm³/mol. The van der Waals surface area contributed by atoms with E-state index in [1.165, 1.54) is 0 Å².